The molecule has 1 radical (unpaired) electrons. The molecule has 0 aromatic carbocycles. The third kappa shape index (κ3) is 2.68. The van der Waals surface area contributed by atoms with Crippen LogP contribution < -0.4 is 17.4 Å². The summed E-state index contributed by atoms with van der Waals surface area (Å²) in [6.45, 7) is 0. The monoisotopic (exact) mass is 162 g/mol. The molecular weight excluding hydrogens is 157 g/mol. The molecule has 1 rings (SSSR count). The van der Waals surface area contributed by atoms with E-state index in [2.05, 4.69) is 4.99 Å². The first-order chi connectivity index (χ1) is 3.93. The number of halogens is 2. The van der Waals surface area contributed by atoms with Crippen molar-refractivity contribution in [3.63, 3.8) is 0 Å². The molecule has 0 saturated heterocycles. The fraction of sp³-hybridized carbons (Fsp3) is 0.167. The zero-order chi connectivity index (χ0) is 5.82. The van der Waals surface area contributed by atoms with Crippen LogP contribution >= 0.6 is 11.6 Å². The molecule has 1 heterocycles. The summed E-state index contributed by atoms with van der Waals surface area (Å²) >= 11 is 5.46. The quantitative estimate of drug-likeness (QED) is 0.400. The van der Waals surface area contributed by atoms with Crippen LogP contribution in [0.3, 0.4) is 0 Å². The lowest BCUT2D eigenvalue weighted by atomic mass is 10.3. The molecule has 1 aliphatic rings. The van der Waals surface area contributed by atoms with E-state index in [4.69, 9.17) is 11.6 Å². The predicted octanol–water partition coefficient (Wildman–Crippen LogP) is -1.91. The van der Waals surface area contributed by atoms with Gasteiger partial charge in [-0.15, -0.1) is 11.6 Å². The van der Waals surface area contributed by atoms with Crippen LogP contribution in [0.25, 0.3) is 0 Å². The van der Waals surface area contributed by atoms with Crippen LogP contribution in [0.2, 0.25) is 0 Å². The minimum atomic E-state index is 0. The van der Waals surface area contributed by atoms with Crippen LogP contribution in [0.5, 0.6) is 0 Å². The van der Waals surface area contributed by atoms with Gasteiger partial charge in [-0.2, -0.15) is 0 Å². The molecule has 0 bridgehead atoms. The average Bonchev–Trinajstić information content (AvgIpc) is 1.90. The lowest BCUT2D eigenvalue weighted by Gasteiger charge is -1.79. The average molecular weight is 163 g/mol. The summed E-state index contributed by atoms with van der Waals surface area (Å²) in [4.78, 5) is 3.97. The highest BCUT2D eigenvalue weighted by Gasteiger charge is 2.03. The van der Waals surface area contributed by atoms with Crippen molar-refractivity contribution in [3.8, 4) is 0 Å². The smallest absolute Gasteiger partial charge is 0.268 e. The Morgan fingerprint density at radius 3 is 2.56 bits per heavy atom. The van der Waals surface area contributed by atoms with Crippen molar-refractivity contribution in [2.45, 2.75) is 0 Å². The van der Waals surface area contributed by atoms with E-state index in [0.29, 0.717) is 5.88 Å². The van der Waals surface area contributed by atoms with Gasteiger partial charge in [0.1, 0.15) is 5.88 Å². The summed E-state index contributed by atoms with van der Waals surface area (Å²) in [5.74, 6) is 0.501. The summed E-state index contributed by atoms with van der Waals surface area (Å²) in [6.07, 6.45) is 7.42. The molecule has 0 N–H and O–H groups in total. The second-order valence-corrected chi connectivity index (χ2v) is 1.72. The summed E-state index contributed by atoms with van der Waals surface area (Å²) in [5.41, 5.74) is 0.925. The third-order valence-electron chi connectivity index (χ3n) is 0.863. The zero-order valence-corrected chi connectivity index (χ0v) is 6.23. The summed E-state index contributed by atoms with van der Waals surface area (Å²) < 4.78 is 0. The van der Waals surface area contributed by atoms with Crippen LogP contribution in [0.15, 0.2) is 23.9 Å². The maximum Gasteiger partial charge on any atom is 0.268 e. The molecule has 49 valence electrons. The van der Waals surface area contributed by atoms with Crippen molar-refractivity contribution < 1.29 is 12.4 Å². The van der Waals surface area contributed by atoms with Crippen LogP contribution in [-0.4, -0.2) is 12.1 Å². The van der Waals surface area contributed by atoms with Crippen LogP contribution in [0.4, 0.5) is 0 Å². The van der Waals surface area contributed by atoms with E-state index in [0.717, 1.165) is 5.70 Å². The molecular formula is C6H6Cl2N. The molecule has 0 saturated carbocycles. The Morgan fingerprint density at radius 2 is 2.22 bits per heavy atom. The Hall–Kier alpha value is -0.270. The van der Waals surface area contributed by atoms with Crippen molar-refractivity contribution in [1.29, 1.82) is 0 Å². The van der Waals surface area contributed by atoms with E-state index >= 15 is 0 Å². The van der Waals surface area contributed by atoms with E-state index in [1.165, 1.54) is 0 Å². The second kappa shape index (κ2) is 4.59. The Balaban J connectivity index is 0.000000640. The molecule has 0 amide bonds. The van der Waals surface area contributed by atoms with Gasteiger partial charge in [0.25, 0.3) is 5.70 Å². The Bertz CT molecular complexity index is 158. The topological polar surface area (TPSA) is 14.1 Å². The second-order valence-electron chi connectivity index (χ2n) is 1.45. The first-order valence-corrected chi connectivity index (χ1v) is 2.93. The van der Waals surface area contributed by atoms with Crippen molar-refractivity contribution in [2.75, 3.05) is 5.88 Å². The number of alkyl halides is 1. The minimum Gasteiger partial charge on any atom is -1.00 e. The van der Waals surface area contributed by atoms with Gasteiger partial charge in [0, 0.05) is 12.2 Å². The number of allylic oxidation sites excluding steroid dienone is 4. The summed E-state index contributed by atoms with van der Waals surface area (Å²) in [5, 5.41) is 0. The first kappa shape index (κ1) is 8.73. The van der Waals surface area contributed by atoms with Gasteiger partial charge in [0.05, 0.1) is 4.99 Å². The molecule has 0 spiro atoms. The molecule has 3 heteroatoms. The highest BCUT2D eigenvalue weighted by atomic mass is 35.5. The number of rotatable bonds is 1. The SMILES string of the molecule is ClCC1=CC=CC=[N+]1.[Cl-]. The van der Waals surface area contributed by atoms with Gasteiger partial charge in [-0.1, -0.05) is 0 Å². The third-order valence-corrected chi connectivity index (χ3v) is 1.14. The molecule has 0 fully saturated rings. The molecule has 9 heavy (non-hydrogen) atoms. The van der Waals surface area contributed by atoms with Gasteiger partial charge in [0.15, 0.2) is 0 Å². The maximum atomic E-state index is 5.46. The zero-order valence-electron chi connectivity index (χ0n) is 4.72. The maximum absolute atomic E-state index is 5.46. The normalized spacial score (nSPS) is 14.6. The highest BCUT2D eigenvalue weighted by Crippen LogP contribution is 1.94. The Kier molecular flexibility index (Phi) is 4.46. The fourth-order valence-corrected chi connectivity index (χ4v) is 0.635. The van der Waals surface area contributed by atoms with Crippen molar-refractivity contribution in [3.05, 3.63) is 23.9 Å². The van der Waals surface area contributed by atoms with Gasteiger partial charge in [-0.05, 0) is 6.08 Å². The number of nitrogens with zero attached hydrogens (tertiary/aromatic N) is 1. The minimum absolute atomic E-state index is 0. The molecule has 0 aromatic rings. The van der Waals surface area contributed by atoms with Crippen molar-refractivity contribution in [2.24, 2.45) is 0 Å². The van der Waals surface area contributed by atoms with E-state index in [9.17, 15) is 0 Å². The molecule has 1 nitrogen and oxygen atoms in total. The van der Waals surface area contributed by atoms with Crippen molar-refractivity contribution >= 4 is 17.8 Å². The molecule has 0 aromatic heterocycles. The lowest BCUT2D eigenvalue weighted by Crippen LogP contribution is -3.00. The fourth-order valence-electron chi connectivity index (χ4n) is 0.477. The van der Waals surface area contributed by atoms with Gasteiger partial charge in [-0.25, -0.2) is 0 Å². The highest BCUT2D eigenvalue weighted by molar-refractivity contribution is 6.19. The van der Waals surface area contributed by atoms with Gasteiger partial charge in [-0.3, -0.25) is 0 Å². The standard InChI is InChI=1S/C6H6ClN.ClH/c7-5-6-3-1-2-4-8-6;/h1-4H,5H2;1H/q+1;/p-1. The predicted molar refractivity (Wildman–Crippen MR) is 36.1 cm³/mol. The Labute approximate surface area is 65.5 Å². The van der Waals surface area contributed by atoms with E-state index in [1.807, 2.05) is 18.2 Å². The Morgan fingerprint density at radius 1 is 1.44 bits per heavy atom. The first-order valence-electron chi connectivity index (χ1n) is 2.39. The lowest BCUT2D eigenvalue weighted by molar-refractivity contribution is -0.00000160. The van der Waals surface area contributed by atoms with Crippen LogP contribution in [0, 0.1) is 0 Å². The number of aliphatic imine (C=N–C) groups is 1. The summed E-state index contributed by atoms with van der Waals surface area (Å²) in [7, 11) is 0. The molecule has 0 unspecified atom stereocenters. The number of hydrogen-bond acceptors (Lipinski definition) is 1. The summed E-state index contributed by atoms with van der Waals surface area (Å²) in [6, 6.07) is 0. The molecule has 1 aliphatic heterocycles. The van der Waals surface area contributed by atoms with Crippen LogP contribution in [-0.2, 0) is 0 Å². The van der Waals surface area contributed by atoms with E-state index in [1.54, 1.807) is 6.21 Å². The van der Waals surface area contributed by atoms with Gasteiger partial charge in [0.2, 0.25) is 6.21 Å². The number of hydrogen-bond donors (Lipinski definition) is 0. The molecule has 0 atom stereocenters. The van der Waals surface area contributed by atoms with Gasteiger partial charge < -0.3 is 12.4 Å². The van der Waals surface area contributed by atoms with Crippen molar-refractivity contribution in [1.82, 2.24) is 4.99 Å². The molecule has 0 aliphatic carbocycles. The van der Waals surface area contributed by atoms with E-state index < -0.39 is 0 Å². The van der Waals surface area contributed by atoms with Crippen LogP contribution in [0.1, 0.15) is 0 Å². The largest absolute Gasteiger partial charge is 1.00 e. The van der Waals surface area contributed by atoms with E-state index in [-0.39, 0.29) is 12.4 Å². The van der Waals surface area contributed by atoms with Gasteiger partial charge >= 0.3 is 0 Å².